The topological polar surface area (TPSA) is 54.5 Å². The van der Waals surface area contributed by atoms with E-state index in [1.54, 1.807) is 23.2 Å². The first kappa shape index (κ1) is 20.3. The summed E-state index contributed by atoms with van der Waals surface area (Å²) in [4.78, 5) is 18.4. The molecular weight excluding hydrogens is 369 g/mol. The van der Waals surface area contributed by atoms with Crippen LogP contribution in [0.4, 0.5) is 9.18 Å². The highest BCUT2D eigenvalue weighted by Gasteiger charge is 2.12. The Bertz CT molecular complexity index is 934. The quantitative estimate of drug-likeness (QED) is 0.612. The van der Waals surface area contributed by atoms with E-state index in [1.165, 1.54) is 12.1 Å². The monoisotopic (exact) mass is 393 g/mol. The predicted molar refractivity (Wildman–Crippen MR) is 110 cm³/mol. The number of rotatable bonds is 8. The molecule has 0 bridgehead atoms. The first-order valence-electron chi connectivity index (χ1n) is 9.53. The number of carbonyl (C=O) groups is 1. The normalized spacial score (nSPS) is 10.4. The Kier molecular flexibility index (Phi) is 7.16. The van der Waals surface area contributed by atoms with Gasteiger partial charge in [-0.15, -0.1) is 0 Å². The third kappa shape index (κ3) is 6.31. The molecule has 0 unspecified atom stereocenters. The Morgan fingerprint density at radius 3 is 2.59 bits per heavy atom. The maximum Gasteiger partial charge on any atom is 0.317 e. The van der Waals surface area contributed by atoms with E-state index in [0.717, 1.165) is 16.7 Å². The molecule has 3 aromatic rings. The predicted octanol–water partition coefficient (Wildman–Crippen LogP) is 4.53. The molecule has 0 aliphatic heterocycles. The van der Waals surface area contributed by atoms with Crippen molar-refractivity contribution in [2.45, 2.75) is 26.6 Å². The number of hydrogen-bond donors (Lipinski definition) is 1. The fourth-order valence-corrected chi connectivity index (χ4v) is 2.84. The van der Waals surface area contributed by atoms with Crippen molar-refractivity contribution in [3.63, 3.8) is 0 Å². The molecule has 150 valence electrons. The van der Waals surface area contributed by atoms with Gasteiger partial charge in [-0.2, -0.15) is 0 Å². The minimum absolute atomic E-state index is 0.208. The summed E-state index contributed by atoms with van der Waals surface area (Å²) < 4.78 is 19.1. The third-order valence-electron chi connectivity index (χ3n) is 4.40. The molecular formula is C23H24FN3O2. The van der Waals surface area contributed by atoms with Gasteiger partial charge in [0.15, 0.2) is 0 Å². The van der Waals surface area contributed by atoms with Crippen LogP contribution in [0, 0.1) is 5.82 Å². The number of hydrogen-bond acceptors (Lipinski definition) is 3. The van der Waals surface area contributed by atoms with Gasteiger partial charge in [0.2, 0.25) is 5.88 Å². The van der Waals surface area contributed by atoms with E-state index in [2.05, 4.69) is 10.3 Å². The maximum absolute atomic E-state index is 13.4. The lowest BCUT2D eigenvalue weighted by atomic mass is 10.2. The van der Waals surface area contributed by atoms with Crippen LogP contribution in [0.3, 0.4) is 0 Å². The second kappa shape index (κ2) is 10.2. The lowest BCUT2D eigenvalue weighted by molar-refractivity contribution is 0.197. The number of halogens is 1. The number of urea groups is 1. The summed E-state index contributed by atoms with van der Waals surface area (Å²) in [5, 5.41) is 2.90. The Morgan fingerprint density at radius 1 is 1.03 bits per heavy atom. The molecule has 0 aliphatic rings. The van der Waals surface area contributed by atoms with E-state index in [1.807, 2.05) is 49.4 Å². The average Bonchev–Trinajstić information content (AvgIpc) is 2.75. The van der Waals surface area contributed by atoms with Gasteiger partial charge in [-0.3, -0.25) is 0 Å². The minimum atomic E-state index is -0.307. The van der Waals surface area contributed by atoms with Gasteiger partial charge in [0.1, 0.15) is 12.4 Å². The summed E-state index contributed by atoms with van der Waals surface area (Å²) in [6, 6.07) is 19.6. The molecule has 0 atom stereocenters. The standard InChI is InChI=1S/C23H24FN3O2/c1-2-27(16-20-9-6-10-21(24)13-20)23(28)26-15-19-11-12-25-22(14-19)29-17-18-7-4-3-5-8-18/h3-14H,2,15-17H2,1H3,(H,26,28). The van der Waals surface area contributed by atoms with E-state index < -0.39 is 0 Å². The van der Waals surface area contributed by atoms with Gasteiger partial charge in [0.25, 0.3) is 0 Å². The summed E-state index contributed by atoms with van der Waals surface area (Å²) in [6.07, 6.45) is 1.66. The number of pyridine rings is 1. The summed E-state index contributed by atoms with van der Waals surface area (Å²) in [5.41, 5.74) is 2.70. The van der Waals surface area contributed by atoms with E-state index in [9.17, 15) is 9.18 Å². The first-order chi connectivity index (χ1) is 14.1. The van der Waals surface area contributed by atoms with Crippen LogP contribution in [0.5, 0.6) is 5.88 Å². The van der Waals surface area contributed by atoms with Gasteiger partial charge in [-0.1, -0.05) is 42.5 Å². The van der Waals surface area contributed by atoms with Crippen LogP contribution in [0.2, 0.25) is 0 Å². The van der Waals surface area contributed by atoms with Crippen LogP contribution in [0.1, 0.15) is 23.6 Å². The Labute approximate surface area is 170 Å². The minimum Gasteiger partial charge on any atom is -0.473 e. The molecule has 0 spiro atoms. The molecule has 6 heteroatoms. The smallest absolute Gasteiger partial charge is 0.317 e. The summed E-state index contributed by atoms with van der Waals surface area (Å²) in [7, 11) is 0. The van der Waals surface area contributed by atoms with Crippen molar-refractivity contribution >= 4 is 6.03 Å². The average molecular weight is 393 g/mol. The molecule has 0 saturated carbocycles. The summed E-state index contributed by atoms with van der Waals surface area (Å²) in [5.74, 6) is 0.200. The Morgan fingerprint density at radius 2 is 1.83 bits per heavy atom. The second-order valence-corrected chi connectivity index (χ2v) is 6.58. The van der Waals surface area contributed by atoms with Crippen molar-refractivity contribution in [3.8, 4) is 5.88 Å². The molecule has 0 radical (unpaired) electrons. The van der Waals surface area contributed by atoms with Gasteiger partial charge in [0.05, 0.1) is 0 Å². The van der Waals surface area contributed by atoms with Gasteiger partial charge in [0, 0.05) is 31.9 Å². The number of benzene rings is 2. The first-order valence-corrected chi connectivity index (χ1v) is 9.53. The van der Waals surface area contributed by atoms with Gasteiger partial charge < -0.3 is 15.0 Å². The molecule has 0 aliphatic carbocycles. The SMILES string of the molecule is CCN(Cc1cccc(F)c1)C(=O)NCc1ccnc(OCc2ccccc2)c1. The number of nitrogens with zero attached hydrogens (tertiary/aromatic N) is 2. The van der Waals surface area contributed by atoms with E-state index in [0.29, 0.717) is 32.1 Å². The summed E-state index contributed by atoms with van der Waals surface area (Å²) >= 11 is 0. The molecule has 2 aromatic carbocycles. The Balaban J connectivity index is 1.53. The number of aromatic nitrogens is 1. The van der Waals surface area contributed by atoms with Crippen LogP contribution in [-0.2, 0) is 19.7 Å². The summed E-state index contributed by atoms with van der Waals surface area (Å²) in [6.45, 7) is 3.54. The number of nitrogens with one attached hydrogen (secondary N) is 1. The largest absolute Gasteiger partial charge is 0.473 e. The molecule has 2 amide bonds. The highest BCUT2D eigenvalue weighted by molar-refractivity contribution is 5.74. The zero-order valence-electron chi connectivity index (χ0n) is 16.3. The van der Waals surface area contributed by atoms with Crippen LogP contribution in [0.25, 0.3) is 0 Å². The number of amides is 2. The van der Waals surface area contributed by atoms with Crippen molar-refractivity contribution in [1.29, 1.82) is 0 Å². The van der Waals surface area contributed by atoms with Crippen LogP contribution >= 0.6 is 0 Å². The van der Waals surface area contributed by atoms with E-state index >= 15 is 0 Å². The molecule has 1 heterocycles. The van der Waals surface area contributed by atoms with Crippen molar-refractivity contribution in [2.75, 3.05) is 6.54 Å². The zero-order valence-corrected chi connectivity index (χ0v) is 16.3. The Hall–Kier alpha value is -3.41. The second-order valence-electron chi connectivity index (χ2n) is 6.58. The maximum atomic E-state index is 13.4. The highest BCUT2D eigenvalue weighted by Crippen LogP contribution is 2.12. The van der Waals surface area contributed by atoms with Crippen molar-refractivity contribution < 1.29 is 13.9 Å². The number of ether oxygens (including phenoxy) is 1. The van der Waals surface area contributed by atoms with Gasteiger partial charge in [-0.05, 0) is 41.8 Å². The van der Waals surface area contributed by atoms with Crippen LogP contribution in [0.15, 0.2) is 72.9 Å². The van der Waals surface area contributed by atoms with Gasteiger partial charge >= 0.3 is 6.03 Å². The molecule has 3 rings (SSSR count). The fourth-order valence-electron chi connectivity index (χ4n) is 2.84. The van der Waals surface area contributed by atoms with Crippen molar-refractivity contribution in [1.82, 2.24) is 15.2 Å². The highest BCUT2D eigenvalue weighted by atomic mass is 19.1. The van der Waals surface area contributed by atoms with Crippen LogP contribution in [-0.4, -0.2) is 22.5 Å². The van der Waals surface area contributed by atoms with Gasteiger partial charge in [-0.25, -0.2) is 14.2 Å². The third-order valence-corrected chi connectivity index (χ3v) is 4.40. The molecule has 0 saturated heterocycles. The molecule has 29 heavy (non-hydrogen) atoms. The molecule has 5 nitrogen and oxygen atoms in total. The number of carbonyl (C=O) groups excluding carboxylic acids is 1. The van der Waals surface area contributed by atoms with Crippen molar-refractivity contribution in [3.05, 3.63) is 95.4 Å². The van der Waals surface area contributed by atoms with E-state index in [-0.39, 0.29) is 11.8 Å². The van der Waals surface area contributed by atoms with Crippen molar-refractivity contribution in [2.24, 2.45) is 0 Å². The molecule has 1 aromatic heterocycles. The lowest BCUT2D eigenvalue weighted by Crippen LogP contribution is -2.39. The molecule has 1 N–H and O–H groups in total. The fraction of sp³-hybridized carbons (Fsp3) is 0.217. The molecule has 0 fully saturated rings. The van der Waals surface area contributed by atoms with Crippen LogP contribution < -0.4 is 10.1 Å². The van der Waals surface area contributed by atoms with E-state index in [4.69, 9.17) is 4.74 Å². The lowest BCUT2D eigenvalue weighted by Gasteiger charge is -2.21. The zero-order chi connectivity index (χ0) is 20.5.